The zero-order valence-corrected chi connectivity index (χ0v) is 20.9. The Bertz CT molecular complexity index is 1060. The maximum atomic E-state index is 13.5. The van der Waals surface area contributed by atoms with Crippen LogP contribution >= 0.6 is 0 Å². The number of imide groups is 1. The third-order valence-corrected chi connectivity index (χ3v) is 7.18. The van der Waals surface area contributed by atoms with E-state index in [2.05, 4.69) is 5.32 Å². The van der Waals surface area contributed by atoms with Crippen LogP contribution in [0.1, 0.15) is 84.6 Å². The molecule has 0 saturated heterocycles. The van der Waals surface area contributed by atoms with Gasteiger partial charge in [-0.05, 0) is 43.4 Å². The van der Waals surface area contributed by atoms with Gasteiger partial charge in [0.2, 0.25) is 11.8 Å². The van der Waals surface area contributed by atoms with Gasteiger partial charge < -0.3 is 10.2 Å². The summed E-state index contributed by atoms with van der Waals surface area (Å²) in [5.74, 6) is -0.889. The highest BCUT2D eigenvalue weighted by Crippen LogP contribution is 2.23. The predicted octanol–water partition coefficient (Wildman–Crippen LogP) is 4.32. The summed E-state index contributed by atoms with van der Waals surface area (Å²) in [6, 6.07) is 16.0. The SMILES string of the molecule is CC[C@@H](C(=O)NC1CCCCC1)N(Cc1ccccc1)C(=O)CCCN1C(=O)c2ccccc2C1=O. The number of carbonyl (C=O) groups excluding carboxylic acids is 4. The molecule has 7 nitrogen and oxygen atoms in total. The third-order valence-electron chi connectivity index (χ3n) is 7.18. The van der Waals surface area contributed by atoms with Crippen molar-refractivity contribution in [2.24, 2.45) is 0 Å². The Morgan fingerprint density at radius 1 is 0.944 bits per heavy atom. The van der Waals surface area contributed by atoms with Crippen molar-refractivity contribution in [3.63, 3.8) is 0 Å². The Hall–Kier alpha value is -3.48. The Balaban J connectivity index is 1.42. The molecule has 4 amide bonds. The molecule has 2 aliphatic rings. The summed E-state index contributed by atoms with van der Waals surface area (Å²) in [7, 11) is 0. The van der Waals surface area contributed by atoms with Crippen LogP contribution in [0.3, 0.4) is 0 Å². The first-order chi connectivity index (χ1) is 17.5. The molecular weight excluding hydrogens is 454 g/mol. The number of nitrogens with zero attached hydrogens (tertiary/aromatic N) is 2. The van der Waals surface area contributed by atoms with Crippen molar-refractivity contribution in [1.29, 1.82) is 0 Å². The van der Waals surface area contributed by atoms with Crippen LogP contribution in [0.5, 0.6) is 0 Å². The normalized spacial score (nSPS) is 16.5. The molecule has 1 atom stereocenters. The van der Waals surface area contributed by atoms with Gasteiger partial charge in [0, 0.05) is 25.6 Å². The zero-order valence-electron chi connectivity index (χ0n) is 20.9. The van der Waals surface area contributed by atoms with Crippen LogP contribution in [0, 0.1) is 0 Å². The summed E-state index contributed by atoms with van der Waals surface area (Å²) in [4.78, 5) is 54.9. The van der Waals surface area contributed by atoms with Crippen molar-refractivity contribution in [2.75, 3.05) is 6.54 Å². The number of rotatable bonds is 10. The summed E-state index contributed by atoms with van der Waals surface area (Å²) in [6.07, 6.45) is 6.40. The van der Waals surface area contributed by atoms with E-state index in [1.54, 1.807) is 29.2 Å². The maximum Gasteiger partial charge on any atom is 0.261 e. The number of hydrogen-bond donors (Lipinski definition) is 1. The van der Waals surface area contributed by atoms with Crippen molar-refractivity contribution in [3.05, 3.63) is 71.3 Å². The van der Waals surface area contributed by atoms with Gasteiger partial charge in [0.1, 0.15) is 6.04 Å². The molecule has 0 radical (unpaired) electrons. The number of hydrogen-bond acceptors (Lipinski definition) is 4. The molecule has 1 aliphatic heterocycles. The van der Waals surface area contributed by atoms with Gasteiger partial charge in [0.25, 0.3) is 11.8 Å². The average molecular weight is 490 g/mol. The van der Waals surface area contributed by atoms with E-state index in [9.17, 15) is 19.2 Å². The van der Waals surface area contributed by atoms with Crippen molar-refractivity contribution in [1.82, 2.24) is 15.1 Å². The standard InChI is InChI=1S/C29H35N3O4/c1-2-25(27(34)30-22-14-7-4-8-15-22)32(20-21-12-5-3-6-13-21)26(33)18-11-19-31-28(35)23-16-9-10-17-24(23)29(31)36/h3,5-6,9-10,12-13,16-17,22,25H,2,4,7-8,11,14-15,18-20H2,1H3,(H,30,34)/t25-/m0/s1. The summed E-state index contributed by atoms with van der Waals surface area (Å²) in [5, 5.41) is 3.18. The molecular formula is C29H35N3O4. The van der Waals surface area contributed by atoms with E-state index in [0.717, 1.165) is 31.2 Å². The van der Waals surface area contributed by atoms with Crippen molar-refractivity contribution in [3.8, 4) is 0 Å². The molecule has 1 fully saturated rings. The molecule has 1 saturated carbocycles. The van der Waals surface area contributed by atoms with Crippen LogP contribution in [0.25, 0.3) is 0 Å². The van der Waals surface area contributed by atoms with E-state index in [1.165, 1.54) is 11.3 Å². The lowest BCUT2D eigenvalue weighted by Gasteiger charge is -2.33. The molecule has 1 heterocycles. The monoisotopic (exact) mass is 489 g/mol. The van der Waals surface area contributed by atoms with Crippen molar-refractivity contribution < 1.29 is 19.2 Å². The molecule has 0 unspecified atom stereocenters. The fourth-order valence-electron chi connectivity index (χ4n) is 5.22. The Labute approximate surface area is 212 Å². The molecule has 0 bridgehead atoms. The first kappa shape index (κ1) is 25.6. The molecule has 0 aromatic heterocycles. The van der Waals surface area contributed by atoms with Gasteiger partial charge in [-0.25, -0.2) is 0 Å². The molecule has 1 N–H and O–H groups in total. The lowest BCUT2D eigenvalue weighted by atomic mass is 9.95. The fraction of sp³-hybridized carbons (Fsp3) is 0.448. The second kappa shape index (κ2) is 12.0. The summed E-state index contributed by atoms with van der Waals surface area (Å²) in [6.45, 7) is 2.43. The van der Waals surface area contributed by atoms with Crippen molar-refractivity contribution in [2.45, 2.75) is 76.9 Å². The smallest absolute Gasteiger partial charge is 0.261 e. The molecule has 190 valence electrons. The lowest BCUT2D eigenvalue weighted by Crippen LogP contribution is -2.51. The van der Waals surface area contributed by atoms with E-state index in [0.29, 0.717) is 30.5 Å². The number of fused-ring (bicyclic) bond motifs is 1. The molecule has 2 aromatic carbocycles. The maximum absolute atomic E-state index is 13.5. The van der Waals surface area contributed by atoms with E-state index in [-0.39, 0.29) is 42.6 Å². The fourth-order valence-corrected chi connectivity index (χ4v) is 5.22. The van der Waals surface area contributed by atoms with Gasteiger partial charge in [-0.3, -0.25) is 24.1 Å². The quantitative estimate of drug-likeness (QED) is 0.504. The van der Waals surface area contributed by atoms with E-state index < -0.39 is 6.04 Å². The van der Waals surface area contributed by atoms with Gasteiger partial charge in [-0.15, -0.1) is 0 Å². The van der Waals surface area contributed by atoms with Crippen LogP contribution in [0.4, 0.5) is 0 Å². The van der Waals surface area contributed by atoms with Gasteiger partial charge in [0.15, 0.2) is 0 Å². The number of carbonyl (C=O) groups is 4. The molecule has 36 heavy (non-hydrogen) atoms. The highest BCUT2D eigenvalue weighted by molar-refractivity contribution is 6.21. The summed E-state index contributed by atoms with van der Waals surface area (Å²) >= 11 is 0. The third kappa shape index (κ3) is 5.83. The summed E-state index contributed by atoms with van der Waals surface area (Å²) < 4.78 is 0. The second-order valence-electron chi connectivity index (χ2n) is 9.69. The first-order valence-electron chi connectivity index (χ1n) is 13.1. The number of nitrogens with one attached hydrogen (secondary N) is 1. The number of amides is 4. The van der Waals surface area contributed by atoms with Gasteiger partial charge >= 0.3 is 0 Å². The second-order valence-corrected chi connectivity index (χ2v) is 9.69. The molecule has 2 aromatic rings. The largest absolute Gasteiger partial charge is 0.352 e. The first-order valence-corrected chi connectivity index (χ1v) is 13.1. The Kier molecular flexibility index (Phi) is 8.52. The minimum absolute atomic E-state index is 0.103. The van der Waals surface area contributed by atoms with Gasteiger partial charge in [-0.2, -0.15) is 0 Å². The Morgan fingerprint density at radius 3 is 2.17 bits per heavy atom. The predicted molar refractivity (Wildman–Crippen MR) is 137 cm³/mol. The minimum Gasteiger partial charge on any atom is -0.352 e. The zero-order chi connectivity index (χ0) is 25.5. The number of benzene rings is 2. The highest BCUT2D eigenvalue weighted by atomic mass is 16.2. The van der Waals surface area contributed by atoms with Crippen LogP contribution < -0.4 is 5.32 Å². The van der Waals surface area contributed by atoms with Crippen LogP contribution in [-0.2, 0) is 16.1 Å². The van der Waals surface area contributed by atoms with E-state index in [1.807, 2.05) is 37.3 Å². The molecule has 0 spiro atoms. The minimum atomic E-state index is -0.570. The van der Waals surface area contributed by atoms with Crippen LogP contribution in [0.15, 0.2) is 54.6 Å². The molecule has 1 aliphatic carbocycles. The molecule has 7 heteroatoms. The van der Waals surface area contributed by atoms with Gasteiger partial charge in [0.05, 0.1) is 11.1 Å². The van der Waals surface area contributed by atoms with Crippen LogP contribution in [-0.4, -0.2) is 52.1 Å². The van der Waals surface area contributed by atoms with Crippen molar-refractivity contribution >= 4 is 23.6 Å². The van der Waals surface area contributed by atoms with Crippen LogP contribution in [0.2, 0.25) is 0 Å². The van der Waals surface area contributed by atoms with E-state index in [4.69, 9.17) is 0 Å². The average Bonchev–Trinajstić information content (AvgIpc) is 3.14. The highest BCUT2D eigenvalue weighted by Gasteiger charge is 2.35. The van der Waals surface area contributed by atoms with Gasteiger partial charge in [-0.1, -0.05) is 68.7 Å². The summed E-state index contributed by atoms with van der Waals surface area (Å²) in [5.41, 5.74) is 1.77. The Morgan fingerprint density at radius 2 is 1.56 bits per heavy atom. The van der Waals surface area contributed by atoms with E-state index >= 15 is 0 Å². The topological polar surface area (TPSA) is 86.8 Å². The lowest BCUT2D eigenvalue weighted by molar-refractivity contribution is -0.142. The molecule has 4 rings (SSSR count).